The average Bonchev–Trinajstić information content (AvgIpc) is 3.39. The third kappa shape index (κ3) is 6.90. The van der Waals surface area contributed by atoms with Crippen molar-refractivity contribution in [2.75, 3.05) is 64.5 Å². The van der Waals surface area contributed by atoms with Crippen LogP contribution >= 0.6 is 23.7 Å². The normalized spacial score (nSPS) is 17.1. The van der Waals surface area contributed by atoms with Crippen LogP contribution < -0.4 is 9.64 Å². The lowest BCUT2D eigenvalue weighted by atomic mass is 10.2. The third-order valence-electron chi connectivity index (χ3n) is 7.07. The zero-order valence-corrected chi connectivity index (χ0v) is 24.5. The van der Waals surface area contributed by atoms with Crippen LogP contribution in [0.1, 0.15) is 36.0 Å². The van der Waals surface area contributed by atoms with Crippen molar-refractivity contribution in [2.24, 2.45) is 0 Å². The van der Waals surface area contributed by atoms with Crippen molar-refractivity contribution in [1.82, 2.24) is 14.2 Å². The second kappa shape index (κ2) is 13.4. The maximum atomic E-state index is 13.8. The number of benzene rings is 2. The Morgan fingerprint density at radius 3 is 2.46 bits per heavy atom. The summed E-state index contributed by atoms with van der Waals surface area (Å²) in [5.74, 6) is 0.518. The van der Waals surface area contributed by atoms with Gasteiger partial charge in [-0.15, -0.1) is 12.4 Å². The van der Waals surface area contributed by atoms with E-state index in [1.54, 1.807) is 40.6 Å². The Kier molecular flexibility index (Phi) is 10.2. The zero-order valence-electron chi connectivity index (χ0n) is 22.1. The van der Waals surface area contributed by atoms with Crippen LogP contribution in [0.2, 0.25) is 0 Å². The van der Waals surface area contributed by atoms with E-state index >= 15 is 0 Å². The van der Waals surface area contributed by atoms with Gasteiger partial charge in [-0.3, -0.25) is 14.6 Å². The number of methoxy groups -OCH3 is 1. The van der Waals surface area contributed by atoms with Crippen LogP contribution in [-0.2, 0) is 14.8 Å². The van der Waals surface area contributed by atoms with Crippen LogP contribution in [0.15, 0.2) is 47.4 Å². The smallest absolute Gasteiger partial charge is 0.260 e. The Labute approximate surface area is 240 Å². The lowest BCUT2D eigenvalue weighted by Gasteiger charge is -2.28. The summed E-state index contributed by atoms with van der Waals surface area (Å²) < 4.78 is 39.4. The molecule has 0 saturated carbocycles. The quantitative estimate of drug-likeness (QED) is 0.365. The van der Waals surface area contributed by atoms with Gasteiger partial charge in [-0.1, -0.05) is 17.8 Å². The van der Waals surface area contributed by atoms with Crippen LogP contribution in [-0.4, -0.2) is 88.1 Å². The molecule has 2 aliphatic rings. The molecule has 1 amide bonds. The van der Waals surface area contributed by atoms with Crippen molar-refractivity contribution in [2.45, 2.75) is 30.6 Å². The van der Waals surface area contributed by atoms with Crippen molar-refractivity contribution in [3.8, 4) is 5.75 Å². The van der Waals surface area contributed by atoms with Crippen LogP contribution in [0.4, 0.5) is 5.13 Å². The molecule has 2 saturated heterocycles. The highest BCUT2D eigenvalue weighted by Crippen LogP contribution is 2.32. The molecule has 0 bridgehead atoms. The van der Waals surface area contributed by atoms with E-state index in [-0.39, 0.29) is 23.2 Å². The minimum atomic E-state index is -3.56. The fraction of sp³-hybridized carbons (Fsp3) is 0.481. The molecular weight excluding hydrogens is 560 g/mol. The molecule has 0 atom stereocenters. The molecule has 0 radical (unpaired) electrons. The van der Waals surface area contributed by atoms with Gasteiger partial charge < -0.3 is 9.47 Å². The van der Waals surface area contributed by atoms with Gasteiger partial charge in [0.1, 0.15) is 5.75 Å². The Morgan fingerprint density at radius 1 is 1.05 bits per heavy atom. The lowest BCUT2D eigenvalue weighted by Crippen LogP contribution is -2.39. The molecule has 39 heavy (non-hydrogen) atoms. The largest absolute Gasteiger partial charge is 0.497 e. The van der Waals surface area contributed by atoms with Crippen LogP contribution in [0.3, 0.4) is 0 Å². The van der Waals surface area contributed by atoms with Crippen LogP contribution in [0.5, 0.6) is 5.75 Å². The number of carbonyl (C=O) groups is 1. The number of rotatable bonds is 9. The maximum absolute atomic E-state index is 13.8. The van der Waals surface area contributed by atoms with E-state index in [9.17, 15) is 13.2 Å². The monoisotopic (exact) mass is 594 g/mol. The molecule has 12 heteroatoms. The SMILES string of the molecule is COc1ccc2sc(N(CCCN3CCOCC3)C(=O)c3ccc(S(=O)(=O)N4CCCCC4)cc3)nc2c1.Cl. The number of aromatic nitrogens is 1. The highest BCUT2D eigenvalue weighted by atomic mass is 35.5. The number of anilines is 1. The van der Waals surface area contributed by atoms with Gasteiger partial charge in [0.25, 0.3) is 5.91 Å². The molecular formula is C27H35ClN4O5S2. The minimum Gasteiger partial charge on any atom is -0.497 e. The predicted molar refractivity (Wildman–Crippen MR) is 156 cm³/mol. The van der Waals surface area contributed by atoms with Gasteiger partial charge >= 0.3 is 0 Å². The summed E-state index contributed by atoms with van der Waals surface area (Å²) in [4.78, 5) is 22.8. The van der Waals surface area contributed by atoms with Gasteiger partial charge in [0.2, 0.25) is 10.0 Å². The number of hydrogen-bond acceptors (Lipinski definition) is 8. The number of nitrogens with zero attached hydrogens (tertiary/aromatic N) is 4. The molecule has 3 heterocycles. The van der Waals surface area contributed by atoms with Crippen molar-refractivity contribution >= 4 is 55.0 Å². The topological polar surface area (TPSA) is 92.3 Å². The molecule has 9 nitrogen and oxygen atoms in total. The summed E-state index contributed by atoms with van der Waals surface area (Å²) in [6.07, 6.45) is 3.60. The fourth-order valence-corrected chi connectivity index (χ4v) is 7.37. The Balaban J connectivity index is 0.00000353. The van der Waals surface area contributed by atoms with Crippen LogP contribution in [0, 0.1) is 0 Å². The molecule has 212 valence electrons. The van der Waals surface area contributed by atoms with Crippen molar-refractivity contribution in [3.05, 3.63) is 48.0 Å². The van der Waals surface area contributed by atoms with Crippen molar-refractivity contribution in [1.29, 1.82) is 0 Å². The Morgan fingerprint density at radius 2 is 1.77 bits per heavy atom. The van der Waals surface area contributed by atoms with Crippen molar-refractivity contribution in [3.63, 3.8) is 0 Å². The van der Waals surface area contributed by atoms with Gasteiger partial charge in [0, 0.05) is 50.9 Å². The number of carbonyl (C=O) groups excluding carboxylic acids is 1. The summed E-state index contributed by atoms with van der Waals surface area (Å²) in [5, 5.41) is 0.616. The second-order valence-electron chi connectivity index (χ2n) is 9.58. The van der Waals surface area contributed by atoms with Crippen LogP contribution in [0.25, 0.3) is 10.2 Å². The summed E-state index contributed by atoms with van der Waals surface area (Å²) in [6.45, 7) is 5.69. The van der Waals surface area contributed by atoms with E-state index < -0.39 is 10.0 Å². The van der Waals surface area contributed by atoms with E-state index in [2.05, 4.69) is 4.90 Å². The molecule has 1 aromatic heterocycles. The Hall–Kier alpha value is -2.28. The number of fused-ring (bicyclic) bond motifs is 1. The molecule has 5 rings (SSSR count). The molecule has 0 spiro atoms. The maximum Gasteiger partial charge on any atom is 0.260 e. The number of piperidine rings is 1. The Bertz CT molecular complexity index is 1350. The van der Waals surface area contributed by atoms with Gasteiger partial charge in [0.05, 0.1) is 35.4 Å². The number of hydrogen-bond donors (Lipinski definition) is 0. The summed E-state index contributed by atoms with van der Waals surface area (Å²) >= 11 is 1.46. The van der Waals surface area contributed by atoms with E-state index in [1.165, 1.54) is 11.3 Å². The van der Waals surface area contributed by atoms with Crippen molar-refractivity contribution < 1.29 is 22.7 Å². The average molecular weight is 595 g/mol. The molecule has 0 N–H and O–H groups in total. The first-order valence-electron chi connectivity index (χ1n) is 13.1. The van der Waals surface area contributed by atoms with E-state index in [0.29, 0.717) is 36.1 Å². The molecule has 3 aromatic rings. The fourth-order valence-electron chi connectivity index (χ4n) is 4.88. The van der Waals surface area contributed by atoms with Gasteiger partial charge in [-0.05, 0) is 55.7 Å². The van der Waals surface area contributed by atoms with Gasteiger partial charge in [-0.2, -0.15) is 4.31 Å². The first-order chi connectivity index (χ1) is 18.5. The molecule has 0 unspecified atom stereocenters. The summed E-state index contributed by atoms with van der Waals surface area (Å²) in [6, 6.07) is 12.0. The number of morpholine rings is 1. The standard InChI is InChI=1S/C27H34N4O5S2.ClH/c1-35-22-8-11-25-24(20-22)28-27(37-25)31(15-5-12-29-16-18-36-19-17-29)26(32)21-6-9-23(10-7-21)38(33,34)30-13-3-2-4-14-30;/h6-11,20H,2-5,12-19H2,1H3;1H. The number of thiazole rings is 1. The van der Waals surface area contributed by atoms with E-state index in [4.69, 9.17) is 14.5 Å². The van der Waals surface area contributed by atoms with E-state index in [0.717, 1.165) is 68.7 Å². The number of halogens is 1. The molecule has 2 aliphatic heterocycles. The number of amides is 1. The van der Waals surface area contributed by atoms with Gasteiger partial charge in [-0.25, -0.2) is 13.4 Å². The molecule has 2 aromatic carbocycles. The first-order valence-corrected chi connectivity index (χ1v) is 15.4. The number of sulfonamides is 1. The predicted octanol–water partition coefficient (Wildman–Crippen LogP) is 4.27. The summed E-state index contributed by atoms with van der Waals surface area (Å²) in [5.41, 5.74) is 1.21. The lowest BCUT2D eigenvalue weighted by molar-refractivity contribution is 0.0376. The molecule has 2 fully saturated rings. The number of ether oxygens (including phenoxy) is 2. The molecule has 0 aliphatic carbocycles. The minimum absolute atomic E-state index is 0. The van der Waals surface area contributed by atoms with E-state index in [1.807, 2.05) is 18.2 Å². The zero-order chi connectivity index (χ0) is 26.5. The second-order valence-corrected chi connectivity index (χ2v) is 12.5. The third-order valence-corrected chi connectivity index (χ3v) is 10.0. The van der Waals surface area contributed by atoms with Gasteiger partial charge in [0.15, 0.2) is 5.13 Å². The summed E-state index contributed by atoms with van der Waals surface area (Å²) in [7, 11) is -1.94. The first kappa shape index (κ1) is 29.7. The highest BCUT2D eigenvalue weighted by molar-refractivity contribution is 7.89. The highest BCUT2D eigenvalue weighted by Gasteiger charge is 2.27.